The highest BCUT2D eigenvalue weighted by Crippen LogP contribution is 2.44. The number of hydrogen-bond acceptors (Lipinski definition) is 8. The zero-order valence-electron chi connectivity index (χ0n) is 32.1. The number of pyridine rings is 1. The van der Waals surface area contributed by atoms with Crippen LogP contribution in [0.4, 0.5) is 10.5 Å². The van der Waals surface area contributed by atoms with Gasteiger partial charge in [0.25, 0.3) is 5.91 Å². The van der Waals surface area contributed by atoms with E-state index in [0.29, 0.717) is 56.1 Å². The van der Waals surface area contributed by atoms with Crippen molar-refractivity contribution in [1.29, 1.82) is 0 Å². The lowest BCUT2D eigenvalue weighted by atomic mass is 9.70. The van der Waals surface area contributed by atoms with Crippen LogP contribution in [0, 0.1) is 29.4 Å². The molecule has 3 amide bonds. The van der Waals surface area contributed by atoms with Crippen LogP contribution in [0.25, 0.3) is 0 Å². The van der Waals surface area contributed by atoms with Crippen LogP contribution in [-0.2, 0) is 26.5 Å². The molecule has 3 heterocycles. The van der Waals surface area contributed by atoms with Crippen molar-refractivity contribution in [2.75, 3.05) is 51.1 Å². The van der Waals surface area contributed by atoms with Gasteiger partial charge < -0.3 is 24.0 Å². The smallest absolute Gasteiger partial charge is 0.330 e. The number of rotatable bonds is 11. The first-order chi connectivity index (χ1) is 26.4. The molecule has 2 aliphatic heterocycles. The lowest BCUT2D eigenvalue weighted by Gasteiger charge is -2.39. The van der Waals surface area contributed by atoms with Gasteiger partial charge in [0.2, 0.25) is 10.9 Å². The average Bonchev–Trinajstić information content (AvgIpc) is 3.27. The zero-order valence-corrected chi connectivity index (χ0v) is 33.8. The molecule has 2 fully saturated rings. The van der Waals surface area contributed by atoms with E-state index >= 15 is 0 Å². The van der Waals surface area contributed by atoms with E-state index in [2.05, 4.69) is 50.2 Å². The summed E-state index contributed by atoms with van der Waals surface area (Å²) in [5.74, 6) is 1.42. The molecule has 1 spiro atoms. The van der Waals surface area contributed by atoms with Gasteiger partial charge in [-0.3, -0.25) is 9.52 Å². The summed E-state index contributed by atoms with van der Waals surface area (Å²) in [6.07, 6.45) is 11.5. The van der Waals surface area contributed by atoms with E-state index in [1.807, 2.05) is 26.1 Å². The van der Waals surface area contributed by atoms with E-state index in [0.717, 1.165) is 36.4 Å². The van der Waals surface area contributed by atoms with Gasteiger partial charge in [0.1, 0.15) is 21.8 Å². The van der Waals surface area contributed by atoms with Gasteiger partial charge in [-0.05, 0) is 91.7 Å². The molecule has 7 rings (SSSR count). The highest BCUT2D eigenvalue weighted by molar-refractivity contribution is 7.92. The van der Waals surface area contributed by atoms with E-state index in [-0.39, 0.29) is 34.9 Å². The molecular formula is C42H53ClN5O6S+. The van der Waals surface area contributed by atoms with Crippen LogP contribution in [0.5, 0.6) is 11.6 Å². The summed E-state index contributed by atoms with van der Waals surface area (Å²) >= 11 is 5.47. The van der Waals surface area contributed by atoms with Gasteiger partial charge in [-0.25, -0.2) is 14.0 Å². The summed E-state index contributed by atoms with van der Waals surface area (Å²) in [4.78, 5) is 35.3. The number of allylic oxidation sites excluding steroid dienone is 1. The number of carbonyl (C=O) groups is 2. The molecule has 1 saturated heterocycles. The molecule has 294 valence electrons. The molecular weight excluding hydrogens is 738 g/mol. The molecule has 13 heteroatoms. The van der Waals surface area contributed by atoms with Crippen molar-refractivity contribution in [3.8, 4) is 11.6 Å². The lowest BCUT2D eigenvalue weighted by molar-refractivity contribution is -0.289. The number of carbonyl (C=O) groups excluding carboxylic acids is 2. The predicted molar refractivity (Wildman–Crippen MR) is 211 cm³/mol. The Kier molecular flexibility index (Phi) is 11.8. The third-order valence-corrected chi connectivity index (χ3v) is 13.9. The van der Waals surface area contributed by atoms with Gasteiger partial charge in [0, 0.05) is 56.1 Å². The molecule has 0 bridgehead atoms. The Bertz CT molecular complexity index is 2030. The highest BCUT2D eigenvalue weighted by Gasteiger charge is 2.41. The molecule has 55 heavy (non-hydrogen) atoms. The van der Waals surface area contributed by atoms with Crippen molar-refractivity contribution in [3.63, 3.8) is 0 Å². The fraction of sp³-hybridized carbons (Fsp3) is 0.500. The molecule has 1 N–H and O–H groups in total. The molecule has 1 unspecified atom stereocenters. The number of benzene rings is 2. The van der Waals surface area contributed by atoms with E-state index in [1.165, 1.54) is 22.4 Å². The summed E-state index contributed by atoms with van der Waals surface area (Å²) in [5.41, 5.74) is 3.35. The molecule has 2 aliphatic carbocycles. The minimum absolute atomic E-state index is 0.00407. The minimum Gasteiger partial charge on any atom is -0.490 e. The van der Waals surface area contributed by atoms with Crippen LogP contribution in [-0.4, -0.2) is 84.4 Å². The second-order valence-corrected chi connectivity index (χ2v) is 18.4. The van der Waals surface area contributed by atoms with Gasteiger partial charge in [-0.1, -0.05) is 38.1 Å². The molecule has 2 aromatic carbocycles. The standard InChI is InChI=1S/C42H52ClN5O6S/c1-28(9-7-11-37(52-4)34-16-13-29(34)2)25-55(51,46-41(50)48-23-33(24-48)54-39-12-5-6-20-44-39)45-40(49)31-14-18-38-36(22-31)47(3)26-42(27-53-38)19-8-10-30-21-32(43)15-17-35(30)42/h5-7,11-12,14-15,17-18,20-22,28-29,33-34,37,43H,8-10,13,16,19,23-27H2,1-4H3/p+1/b11-7+/t28-,29+,34+,37-,42-,55?/m0/s1. The predicted octanol–water partition coefficient (Wildman–Crippen LogP) is 6.52. The molecule has 3 aromatic rings. The number of likely N-dealkylation sites (N-methyl/N-ethyl adjacent to an activating group) is 1. The van der Waals surface area contributed by atoms with Crippen molar-refractivity contribution in [2.24, 2.45) is 22.1 Å². The summed E-state index contributed by atoms with van der Waals surface area (Å²) in [6, 6.07) is 16.3. The average molecular weight is 791 g/mol. The Morgan fingerprint density at radius 2 is 2.02 bits per heavy atom. The topological polar surface area (TPSA) is 123 Å². The van der Waals surface area contributed by atoms with Gasteiger partial charge in [0.05, 0.1) is 37.2 Å². The number of aromatic nitrogens is 1. The number of ether oxygens (including phenoxy) is 3. The second kappa shape index (κ2) is 16.5. The number of urea groups is 1. The molecule has 4 aliphatic rings. The SMILES string of the molecule is CO[C@@H](/C=C/C[C@H](C)CS(=O)(=NC(=O)c1ccc2c(c1)N(C)C[C@@]1(CCCc3cc([ClH+])ccc31)CO2)NC(=O)N1CC(Oc2ccccn2)C1)[C@@H]1CC[C@H]1C. The lowest BCUT2D eigenvalue weighted by Crippen LogP contribution is -2.59. The number of fused-ring (bicyclic) bond motifs is 3. The molecule has 0 radical (unpaired) electrons. The largest absolute Gasteiger partial charge is 0.490 e. The van der Waals surface area contributed by atoms with Gasteiger partial charge in [-0.2, -0.15) is 0 Å². The summed E-state index contributed by atoms with van der Waals surface area (Å²) < 4.78 is 39.7. The maximum absolute atomic E-state index is 14.6. The summed E-state index contributed by atoms with van der Waals surface area (Å²) in [7, 11) is 0.191. The van der Waals surface area contributed by atoms with E-state index in [1.54, 1.807) is 43.6 Å². The summed E-state index contributed by atoms with van der Waals surface area (Å²) in [5, 5.41) is 0.842. The Morgan fingerprint density at radius 3 is 2.75 bits per heavy atom. The first-order valence-electron chi connectivity index (χ1n) is 19.4. The van der Waals surface area contributed by atoms with Crippen LogP contribution in [0.3, 0.4) is 0 Å². The normalized spacial score (nSPS) is 24.2. The number of aryl methyl sites for hydroxylation is 1. The fourth-order valence-corrected chi connectivity index (χ4v) is 10.6. The maximum Gasteiger partial charge on any atom is 0.330 e. The number of halogens is 1. The highest BCUT2D eigenvalue weighted by atomic mass is 35.5. The zero-order chi connectivity index (χ0) is 38.7. The third-order valence-electron chi connectivity index (χ3n) is 11.7. The van der Waals surface area contributed by atoms with Crippen molar-refractivity contribution in [3.05, 3.63) is 94.7 Å². The van der Waals surface area contributed by atoms with Crippen LogP contribution >= 0.6 is 0 Å². The maximum atomic E-state index is 14.6. The number of likely N-dealkylation sites (tertiary alicyclic amines) is 1. The number of nitrogens with one attached hydrogen (secondary N) is 1. The van der Waals surface area contributed by atoms with E-state index in [9.17, 15) is 13.8 Å². The Hall–Kier alpha value is -4.13. The van der Waals surface area contributed by atoms with E-state index in [4.69, 9.17) is 25.8 Å². The van der Waals surface area contributed by atoms with E-state index < -0.39 is 21.9 Å². The Morgan fingerprint density at radius 1 is 1.18 bits per heavy atom. The molecule has 1 saturated carbocycles. The van der Waals surface area contributed by atoms with Gasteiger partial charge >= 0.3 is 6.03 Å². The third kappa shape index (κ3) is 8.81. The van der Waals surface area contributed by atoms with Crippen LogP contribution in [0.2, 0.25) is 5.02 Å². The van der Waals surface area contributed by atoms with Crippen molar-refractivity contribution in [2.45, 2.75) is 70.0 Å². The molecule has 6 atom stereocenters. The van der Waals surface area contributed by atoms with Crippen LogP contribution in [0.1, 0.15) is 67.4 Å². The van der Waals surface area contributed by atoms with Crippen LogP contribution in [0.15, 0.2) is 77.3 Å². The van der Waals surface area contributed by atoms with Crippen LogP contribution < -0.4 is 19.1 Å². The van der Waals surface area contributed by atoms with Crippen molar-refractivity contribution in [1.82, 2.24) is 14.6 Å². The molecule has 1 aromatic heterocycles. The van der Waals surface area contributed by atoms with Crippen molar-refractivity contribution >= 4 is 27.5 Å². The van der Waals surface area contributed by atoms with Gasteiger partial charge in [-0.15, -0.1) is 4.36 Å². The first-order valence-corrected chi connectivity index (χ1v) is 21.4. The first kappa shape index (κ1) is 39.1. The number of methoxy groups -OCH3 is 1. The van der Waals surface area contributed by atoms with Crippen molar-refractivity contribution < 1.29 is 39.6 Å². The number of anilines is 1. The minimum atomic E-state index is -3.55. The fourth-order valence-electron chi connectivity index (χ4n) is 8.46. The number of nitrogens with zero attached hydrogens (tertiary/aromatic N) is 4. The monoisotopic (exact) mass is 790 g/mol. The second-order valence-electron chi connectivity index (χ2n) is 15.9. The summed E-state index contributed by atoms with van der Waals surface area (Å²) in [6.45, 7) is 5.98. The Labute approximate surface area is 330 Å². The Balaban J connectivity index is 1.09. The molecule has 11 nitrogen and oxygen atoms in total. The quantitative estimate of drug-likeness (QED) is 0.218. The van der Waals surface area contributed by atoms with Gasteiger partial charge in [0.15, 0.2) is 11.6 Å². The number of amides is 3. The number of hydrogen-bond donors (Lipinski definition) is 1.